The quantitative estimate of drug-likeness (QED) is 0.631. The number of nitrogens with one attached hydrogen (secondary N) is 1. The van der Waals surface area contributed by atoms with E-state index < -0.39 is 24.3 Å². The number of carbonyl (C=O) groups is 1. The molecule has 0 amide bonds. The van der Waals surface area contributed by atoms with Crippen LogP contribution in [0, 0.1) is 0 Å². The summed E-state index contributed by atoms with van der Waals surface area (Å²) in [5.41, 5.74) is -1.07. The SMILES string of the molecule is CCNC(CC)(CCCOCC(F)(F)F)C(=O)O. The third-order valence-electron chi connectivity index (χ3n) is 2.69. The first-order chi connectivity index (χ1) is 8.27. The zero-order chi connectivity index (χ0) is 14.2. The molecule has 0 saturated heterocycles. The molecule has 0 aliphatic rings. The highest BCUT2D eigenvalue weighted by molar-refractivity contribution is 5.78. The van der Waals surface area contributed by atoms with E-state index in [1.165, 1.54) is 0 Å². The molecule has 0 aliphatic heterocycles. The Morgan fingerprint density at radius 2 is 1.94 bits per heavy atom. The molecule has 0 radical (unpaired) electrons. The van der Waals surface area contributed by atoms with Crippen molar-refractivity contribution in [1.82, 2.24) is 5.32 Å². The van der Waals surface area contributed by atoms with Gasteiger partial charge in [-0.15, -0.1) is 0 Å². The number of carboxylic acids is 1. The van der Waals surface area contributed by atoms with E-state index in [0.717, 1.165) is 0 Å². The van der Waals surface area contributed by atoms with Crippen LogP contribution >= 0.6 is 0 Å². The van der Waals surface area contributed by atoms with Gasteiger partial charge in [0, 0.05) is 6.61 Å². The second kappa shape index (κ2) is 7.58. The van der Waals surface area contributed by atoms with Gasteiger partial charge >= 0.3 is 12.1 Å². The van der Waals surface area contributed by atoms with Crippen molar-refractivity contribution < 1.29 is 27.8 Å². The van der Waals surface area contributed by atoms with Gasteiger partial charge in [-0.2, -0.15) is 13.2 Å². The summed E-state index contributed by atoms with van der Waals surface area (Å²) < 4.78 is 39.9. The molecule has 0 aromatic heterocycles. The van der Waals surface area contributed by atoms with E-state index >= 15 is 0 Å². The van der Waals surface area contributed by atoms with E-state index in [2.05, 4.69) is 10.1 Å². The van der Waals surface area contributed by atoms with E-state index in [4.69, 9.17) is 5.11 Å². The molecule has 0 aromatic carbocycles. The maximum Gasteiger partial charge on any atom is 0.411 e. The Morgan fingerprint density at radius 3 is 2.33 bits per heavy atom. The van der Waals surface area contributed by atoms with Gasteiger partial charge in [-0.25, -0.2) is 0 Å². The van der Waals surface area contributed by atoms with Gasteiger partial charge in [0.25, 0.3) is 0 Å². The summed E-state index contributed by atoms with van der Waals surface area (Å²) in [5, 5.41) is 12.0. The van der Waals surface area contributed by atoms with Crippen LogP contribution < -0.4 is 5.32 Å². The predicted molar refractivity (Wildman–Crippen MR) is 60.4 cm³/mol. The summed E-state index contributed by atoms with van der Waals surface area (Å²) in [6.45, 7) is 2.62. The minimum atomic E-state index is -4.34. The van der Waals surface area contributed by atoms with Crippen LogP contribution in [0.2, 0.25) is 0 Å². The van der Waals surface area contributed by atoms with E-state index in [9.17, 15) is 18.0 Å². The Hall–Kier alpha value is -0.820. The fourth-order valence-corrected chi connectivity index (χ4v) is 1.73. The van der Waals surface area contributed by atoms with Gasteiger partial charge in [-0.05, 0) is 25.8 Å². The van der Waals surface area contributed by atoms with E-state index in [-0.39, 0.29) is 19.4 Å². The first kappa shape index (κ1) is 17.2. The number of hydrogen-bond acceptors (Lipinski definition) is 3. The lowest BCUT2D eigenvalue weighted by atomic mass is 9.90. The lowest BCUT2D eigenvalue weighted by Gasteiger charge is -2.29. The van der Waals surface area contributed by atoms with Gasteiger partial charge in [0.2, 0.25) is 0 Å². The number of halogens is 3. The summed E-state index contributed by atoms with van der Waals surface area (Å²) in [7, 11) is 0. The van der Waals surface area contributed by atoms with E-state index in [0.29, 0.717) is 13.0 Å². The van der Waals surface area contributed by atoms with Crippen molar-refractivity contribution in [1.29, 1.82) is 0 Å². The van der Waals surface area contributed by atoms with Gasteiger partial charge in [0.15, 0.2) is 0 Å². The molecule has 1 atom stereocenters. The maximum atomic E-state index is 11.8. The van der Waals surface area contributed by atoms with Crippen molar-refractivity contribution in [2.75, 3.05) is 19.8 Å². The number of ether oxygens (including phenoxy) is 1. The third-order valence-corrected chi connectivity index (χ3v) is 2.69. The standard InChI is InChI=1S/C11H20F3NO3/c1-3-10(9(16)17,15-4-2)6-5-7-18-8-11(12,13)14/h15H,3-8H2,1-2H3,(H,16,17). The number of rotatable bonds is 9. The maximum absolute atomic E-state index is 11.8. The topological polar surface area (TPSA) is 58.6 Å². The number of alkyl halides is 3. The van der Waals surface area contributed by atoms with Crippen LogP contribution in [0.3, 0.4) is 0 Å². The highest BCUT2D eigenvalue weighted by atomic mass is 19.4. The second-order valence-corrected chi connectivity index (χ2v) is 4.04. The summed E-state index contributed by atoms with van der Waals surface area (Å²) in [5.74, 6) is -0.984. The average Bonchev–Trinajstić information content (AvgIpc) is 2.25. The van der Waals surface area contributed by atoms with E-state index in [1.807, 2.05) is 0 Å². The number of likely N-dealkylation sites (N-methyl/N-ethyl adjacent to an activating group) is 1. The predicted octanol–water partition coefficient (Wildman–Crippen LogP) is 2.19. The minimum absolute atomic E-state index is 0.0973. The Labute approximate surface area is 105 Å². The summed E-state index contributed by atoms with van der Waals surface area (Å²) in [6, 6.07) is 0. The number of hydrogen-bond donors (Lipinski definition) is 2. The Morgan fingerprint density at radius 1 is 1.33 bits per heavy atom. The van der Waals surface area contributed by atoms with Gasteiger partial charge in [-0.3, -0.25) is 4.79 Å². The van der Waals surface area contributed by atoms with Gasteiger partial charge in [0.1, 0.15) is 12.1 Å². The highest BCUT2D eigenvalue weighted by Gasteiger charge is 2.35. The van der Waals surface area contributed by atoms with Crippen molar-refractivity contribution in [2.24, 2.45) is 0 Å². The molecule has 0 aromatic rings. The smallest absolute Gasteiger partial charge is 0.411 e. The Balaban J connectivity index is 4.09. The van der Waals surface area contributed by atoms with E-state index in [1.54, 1.807) is 13.8 Å². The fraction of sp³-hybridized carbons (Fsp3) is 0.909. The van der Waals surface area contributed by atoms with Crippen molar-refractivity contribution in [3.63, 3.8) is 0 Å². The number of carboxylic acid groups (broad SMARTS) is 1. The largest absolute Gasteiger partial charge is 0.480 e. The van der Waals surface area contributed by atoms with Crippen LogP contribution in [0.5, 0.6) is 0 Å². The molecule has 0 heterocycles. The van der Waals surface area contributed by atoms with Crippen molar-refractivity contribution in [3.8, 4) is 0 Å². The Bertz CT molecular complexity index is 258. The van der Waals surface area contributed by atoms with Crippen molar-refractivity contribution in [3.05, 3.63) is 0 Å². The fourth-order valence-electron chi connectivity index (χ4n) is 1.73. The monoisotopic (exact) mass is 271 g/mol. The van der Waals surface area contributed by atoms with Gasteiger partial charge in [-0.1, -0.05) is 13.8 Å². The molecule has 7 heteroatoms. The molecule has 108 valence electrons. The van der Waals surface area contributed by atoms with Crippen LogP contribution in [0.25, 0.3) is 0 Å². The van der Waals surface area contributed by atoms with Gasteiger partial charge in [0.05, 0.1) is 0 Å². The molecular formula is C11H20F3NO3. The van der Waals surface area contributed by atoms with Gasteiger partial charge < -0.3 is 15.2 Å². The Kier molecular flexibility index (Phi) is 7.23. The average molecular weight is 271 g/mol. The zero-order valence-corrected chi connectivity index (χ0v) is 10.6. The molecule has 4 nitrogen and oxygen atoms in total. The molecule has 0 saturated carbocycles. The first-order valence-corrected chi connectivity index (χ1v) is 5.90. The summed E-state index contributed by atoms with van der Waals surface area (Å²) >= 11 is 0. The van der Waals surface area contributed by atoms with Crippen LogP contribution in [-0.4, -0.2) is 42.5 Å². The van der Waals surface area contributed by atoms with Crippen LogP contribution in [0.1, 0.15) is 33.1 Å². The molecule has 0 aliphatic carbocycles. The molecule has 2 N–H and O–H groups in total. The molecule has 0 spiro atoms. The third kappa shape index (κ3) is 6.20. The molecule has 0 fully saturated rings. The van der Waals surface area contributed by atoms with Crippen molar-refractivity contribution in [2.45, 2.75) is 44.8 Å². The molecule has 0 rings (SSSR count). The highest BCUT2D eigenvalue weighted by Crippen LogP contribution is 2.19. The second-order valence-electron chi connectivity index (χ2n) is 4.04. The molecule has 0 bridgehead atoms. The summed E-state index contributed by atoms with van der Waals surface area (Å²) in [6.07, 6.45) is -3.46. The van der Waals surface area contributed by atoms with Crippen LogP contribution in [0.15, 0.2) is 0 Å². The first-order valence-electron chi connectivity index (χ1n) is 5.90. The minimum Gasteiger partial charge on any atom is -0.480 e. The zero-order valence-electron chi connectivity index (χ0n) is 10.6. The lowest BCUT2D eigenvalue weighted by molar-refractivity contribution is -0.174. The molecule has 18 heavy (non-hydrogen) atoms. The van der Waals surface area contributed by atoms with Crippen LogP contribution in [0.4, 0.5) is 13.2 Å². The lowest BCUT2D eigenvalue weighted by Crippen LogP contribution is -2.51. The van der Waals surface area contributed by atoms with Crippen LogP contribution in [-0.2, 0) is 9.53 Å². The summed E-state index contributed by atoms with van der Waals surface area (Å²) in [4.78, 5) is 11.2. The normalized spacial score (nSPS) is 15.4. The molecule has 1 unspecified atom stereocenters. The van der Waals surface area contributed by atoms with Crippen molar-refractivity contribution >= 4 is 5.97 Å². The molecular weight excluding hydrogens is 251 g/mol. The number of aliphatic carboxylic acids is 1.